The molecule has 43 heavy (non-hydrogen) atoms. The molecule has 238 valence electrons. The zero-order valence-electron chi connectivity index (χ0n) is 24.7. The van der Waals surface area contributed by atoms with E-state index < -0.39 is 16.7 Å². The Balaban J connectivity index is 1.50. The number of aliphatic imine (C=N–C) groups is 1. The zero-order chi connectivity index (χ0) is 31.0. The lowest BCUT2D eigenvalue weighted by Crippen LogP contribution is -2.52. The number of rotatable bonds is 14. The van der Waals surface area contributed by atoms with Crippen LogP contribution in [0.5, 0.6) is 0 Å². The molecule has 11 heteroatoms. The van der Waals surface area contributed by atoms with Gasteiger partial charge in [-0.15, -0.1) is 24.2 Å². The SMILES string of the molecule is CC(C(=N)C(=O)NC(S)(CCC1CCCCCC1)COC(CCl)C1CO1)C(=NC1CC=C(Cl)C=C1Cl)C1=CCC(Cl)=CC1. The van der Waals surface area contributed by atoms with Crippen LogP contribution in [0.2, 0.25) is 0 Å². The number of carbonyl (C=O) groups is 1. The Labute approximate surface area is 281 Å². The number of ether oxygens (including phenoxy) is 2. The Morgan fingerprint density at radius 3 is 2.51 bits per heavy atom. The second kappa shape index (κ2) is 16.7. The third-order valence-electron chi connectivity index (χ3n) is 8.68. The van der Waals surface area contributed by atoms with E-state index in [1.165, 1.54) is 38.5 Å². The molecule has 0 aromatic rings. The van der Waals surface area contributed by atoms with E-state index in [2.05, 4.69) is 5.32 Å². The number of nitrogens with one attached hydrogen (secondary N) is 2. The predicted molar refractivity (Wildman–Crippen MR) is 182 cm³/mol. The summed E-state index contributed by atoms with van der Waals surface area (Å²) in [5, 5.41) is 13.9. The molecule has 5 atom stereocenters. The van der Waals surface area contributed by atoms with Crippen LogP contribution in [0.3, 0.4) is 0 Å². The van der Waals surface area contributed by atoms with Crippen LogP contribution < -0.4 is 5.32 Å². The Bertz CT molecular complexity index is 1170. The minimum absolute atomic E-state index is 0.0264. The van der Waals surface area contributed by atoms with Crippen molar-refractivity contribution in [1.29, 1.82) is 5.41 Å². The zero-order valence-corrected chi connectivity index (χ0v) is 28.6. The molecule has 1 aliphatic heterocycles. The van der Waals surface area contributed by atoms with E-state index in [4.69, 9.17) is 78.9 Å². The van der Waals surface area contributed by atoms with E-state index in [-0.39, 0.29) is 30.6 Å². The maximum atomic E-state index is 13.7. The summed E-state index contributed by atoms with van der Waals surface area (Å²) in [5.74, 6) is -0.210. The molecular formula is C32H43Cl4N3O3S. The molecule has 0 aromatic carbocycles. The van der Waals surface area contributed by atoms with Gasteiger partial charge in [-0.25, -0.2) is 0 Å². The molecule has 0 radical (unpaired) electrons. The highest BCUT2D eigenvalue weighted by molar-refractivity contribution is 7.81. The number of thiol groups is 1. The van der Waals surface area contributed by atoms with Gasteiger partial charge in [-0.3, -0.25) is 15.2 Å². The summed E-state index contributed by atoms with van der Waals surface area (Å²) >= 11 is 30.1. The summed E-state index contributed by atoms with van der Waals surface area (Å²) in [6, 6.07) is -0.339. The van der Waals surface area contributed by atoms with Gasteiger partial charge in [0.2, 0.25) is 0 Å². The van der Waals surface area contributed by atoms with E-state index in [1.54, 1.807) is 6.08 Å². The molecule has 2 fully saturated rings. The van der Waals surface area contributed by atoms with E-state index in [0.29, 0.717) is 59.9 Å². The number of hydrogen-bond acceptors (Lipinski definition) is 6. The van der Waals surface area contributed by atoms with Gasteiger partial charge in [-0.05, 0) is 43.3 Å². The van der Waals surface area contributed by atoms with Crippen LogP contribution in [-0.2, 0) is 14.3 Å². The minimum Gasteiger partial charge on any atom is -0.371 e. The molecule has 1 heterocycles. The first kappa shape index (κ1) is 35.1. The monoisotopic (exact) mass is 689 g/mol. The number of allylic oxidation sites excluding steroid dienone is 6. The van der Waals surface area contributed by atoms with Gasteiger partial charge in [0.05, 0.1) is 31.2 Å². The number of nitrogens with zero attached hydrogens (tertiary/aromatic N) is 1. The Kier molecular flexibility index (Phi) is 13.6. The number of halogens is 4. The van der Waals surface area contributed by atoms with Crippen LogP contribution in [0.1, 0.15) is 77.6 Å². The van der Waals surface area contributed by atoms with E-state index in [9.17, 15) is 4.79 Å². The third kappa shape index (κ3) is 10.6. The number of amides is 1. The fraction of sp³-hybridized carbons (Fsp3) is 0.656. The molecular weight excluding hydrogens is 648 g/mol. The van der Waals surface area contributed by atoms with Crippen molar-refractivity contribution in [3.63, 3.8) is 0 Å². The van der Waals surface area contributed by atoms with E-state index >= 15 is 0 Å². The number of epoxide rings is 1. The van der Waals surface area contributed by atoms with Crippen LogP contribution in [0.4, 0.5) is 0 Å². The van der Waals surface area contributed by atoms with Crippen molar-refractivity contribution >= 4 is 76.4 Å². The Morgan fingerprint density at radius 1 is 1.19 bits per heavy atom. The molecule has 5 unspecified atom stereocenters. The van der Waals surface area contributed by atoms with Gasteiger partial charge >= 0.3 is 0 Å². The highest BCUT2D eigenvalue weighted by Gasteiger charge is 2.38. The molecule has 0 bridgehead atoms. The van der Waals surface area contributed by atoms with Crippen LogP contribution in [-0.4, -0.2) is 59.5 Å². The molecule has 0 spiro atoms. The second-order valence-electron chi connectivity index (χ2n) is 12.1. The Hall–Kier alpha value is -0.800. The third-order valence-corrected chi connectivity index (χ3v) is 10.4. The van der Waals surface area contributed by atoms with Crippen molar-refractivity contribution in [2.24, 2.45) is 16.8 Å². The van der Waals surface area contributed by atoms with E-state index in [1.807, 2.05) is 25.2 Å². The minimum atomic E-state index is -0.969. The second-order valence-corrected chi connectivity index (χ2v) is 14.6. The highest BCUT2D eigenvalue weighted by atomic mass is 35.5. The molecule has 1 saturated heterocycles. The standard InChI is InChI=1S/C32H43Cl4N3O3S/c1-20(30(22-8-10-23(34)11-9-22)38-26-13-12-24(35)16-25(26)36)29(37)31(40)39-32(43,19-42-27(17-33)28-18-41-28)15-14-21-6-4-2-3-5-7-21/h8,11-12,16,20-21,26-28,37,43H,2-7,9-10,13-15,17-19H2,1H3,(H,39,40). The molecule has 0 aromatic heterocycles. The fourth-order valence-corrected chi connectivity index (χ4v) is 7.11. The molecule has 4 aliphatic rings. The Morgan fingerprint density at radius 2 is 1.91 bits per heavy atom. The first-order chi connectivity index (χ1) is 20.6. The van der Waals surface area contributed by atoms with Crippen molar-refractivity contribution in [1.82, 2.24) is 5.32 Å². The summed E-state index contributed by atoms with van der Waals surface area (Å²) < 4.78 is 11.6. The van der Waals surface area contributed by atoms with Gasteiger partial charge in [0, 0.05) is 33.1 Å². The molecule has 1 saturated carbocycles. The maximum absolute atomic E-state index is 13.7. The van der Waals surface area contributed by atoms with E-state index in [0.717, 1.165) is 17.0 Å². The molecule has 1 amide bonds. The quantitative estimate of drug-likeness (QED) is 0.0427. The predicted octanol–water partition coefficient (Wildman–Crippen LogP) is 8.46. The van der Waals surface area contributed by atoms with Crippen molar-refractivity contribution in [3.8, 4) is 0 Å². The summed E-state index contributed by atoms with van der Waals surface area (Å²) in [6.45, 7) is 2.62. The lowest BCUT2D eigenvalue weighted by molar-refractivity contribution is -0.117. The molecule has 4 rings (SSSR count). The smallest absolute Gasteiger partial charge is 0.266 e. The molecule has 3 aliphatic carbocycles. The summed E-state index contributed by atoms with van der Waals surface area (Å²) in [4.78, 5) is 17.8. The van der Waals surface area contributed by atoms with Gasteiger partial charge in [0.1, 0.15) is 16.7 Å². The van der Waals surface area contributed by atoms with Crippen molar-refractivity contribution in [3.05, 3.63) is 45.0 Å². The van der Waals surface area contributed by atoms with Gasteiger partial charge < -0.3 is 14.8 Å². The van der Waals surface area contributed by atoms with Crippen molar-refractivity contribution < 1.29 is 14.3 Å². The van der Waals surface area contributed by atoms with Crippen LogP contribution in [0.15, 0.2) is 50.0 Å². The highest BCUT2D eigenvalue weighted by Crippen LogP contribution is 2.33. The average Bonchev–Trinajstić information content (AvgIpc) is 3.84. The normalized spacial score (nSPS) is 26.1. The van der Waals surface area contributed by atoms with Gasteiger partial charge in [-0.1, -0.05) is 98.5 Å². The number of alkyl halides is 1. The average molecular weight is 692 g/mol. The van der Waals surface area contributed by atoms with Gasteiger partial charge in [0.15, 0.2) is 0 Å². The van der Waals surface area contributed by atoms with Gasteiger partial charge in [0.25, 0.3) is 5.91 Å². The molecule has 2 N–H and O–H groups in total. The largest absolute Gasteiger partial charge is 0.371 e. The maximum Gasteiger partial charge on any atom is 0.266 e. The van der Waals surface area contributed by atoms with Gasteiger partial charge in [-0.2, -0.15) is 0 Å². The molecule has 6 nitrogen and oxygen atoms in total. The number of hydrogen-bond donors (Lipinski definition) is 3. The van der Waals surface area contributed by atoms with Crippen molar-refractivity contribution in [2.45, 2.75) is 101 Å². The van der Waals surface area contributed by atoms with Crippen LogP contribution in [0, 0.1) is 17.2 Å². The first-order valence-electron chi connectivity index (χ1n) is 15.4. The first-order valence-corrected chi connectivity index (χ1v) is 17.5. The van der Waals surface area contributed by atoms with Crippen LogP contribution >= 0.6 is 59.0 Å². The summed E-state index contributed by atoms with van der Waals surface area (Å²) in [5.41, 5.74) is 1.48. The topological polar surface area (TPSA) is 87.1 Å². The van der Waals surface area contributed by atoms with Crippen molar-refractivity contribution in [2.75, 3.05) is 19.1 Å². The van der Waals surface area contributed by atoms with Crippen LogP contribution in [0.25, 0.3) is 0 Å². The summed E-state index contributed by atoms with van der Waals surface area (Å²) in [6.07, 6.45) is 17.9. The lowest BCUT2D eigenvalue weighted by atomic mass is 9.88. The fourth-order valence-electron chi connectivity index (χ4n) is 5.84. The lowest BCUT2D eigenvalue weighted by Gasteiger charge is -2.33. The summed E-state index contributed by atoms with van der Waals surface area (Å²) in [7, 11) is 0. The number of carbonyl (C=O) groups excluding carboxylic acids is 1.